The smallest absolute Gasteiger partial charge is 0.118 e. The molecular formula is C15H16N4O. The van der Waals surface area contributed by atoms with E-state index < -0.39 is 0 Å². The normalized spacial score (nSPS) is 11.0. The number of allylic oxidation sites excluding steroid dienone is 1. The number of benzene rings is 1. The van der Waals surface area contributed by atoms with Crippen LogP contribution >= 0.6 is 0 Å². The number of aromatic nitrogens is 2. The van der Waals surface area contributed by atoms with Gasteiger partial charge in [0.1, 0.15) is 11.8 Å². The van der Waals surface area contributed by atoms with Gasteiger partial charge in [0.2, 0.25) is 0 Å². The molecule has 2 rings (SSSR count). The van der Waals surface area contributed by atoms with Gasteiger partial charge < -0.3 is 9.64 Å². The van der Waals surface area contributed by atoms with Crippen molar-refractivity contribution < 1.29 is 4.74 Å². The van der Waals surface area contributed by atoms with Gasteiger partial charge in [0.15, 0.2) is 0 Å². The average molecular weight is 268 g/mol. The Hall–Kier alpha value is -2.74. The summed E-state index contributed by atoms with van der Waals surface area (Å²) in [5.41, 5.74) is 3.01. The third kappa shape index (κ3) is 2.98. The van der Waals surface area contributed by atoms with Crippen LogP contribution in [0, 0.1) is 11.3 Å². The summed E-state index contributed by atoms with van der Waals surface area (Å²) in [6.07, 6.45) is 1.76. The predicted octanol–water partition coefficient (Wildman–Crippen LogP) is 2.51. The lowest BCUT2D eigenvalue weighted by molar-refractivity contribution is 0.415. The molecule has 102 valence electrons. The molecule has 5 heteroatoms. The Morgan fingerprint density at radius 3 is 2.60 bits per heavy atom. The number of nitrogens with zero attached hydrogens (tertiary/aromatic N) is 3. The highest BCUT2D eigenvalue weighted by molar-refractivity contribution is 5.76. The molecule has 0 saturated carbocycles. The topological polar surface area (TPSA) is 64.9 Å². The zero-order chi connectivity index (χ0) is 14.5. The van der Waals surface area contributed by atoms with E-state index in [1.165, 1.54) is 0 Å². The number of methoxy groups -OCH3 is 1. The molecule has 0 bridgehead atoms. The Morgan fingerprint density at radius 1 is 1.35 bits per heavy atom. The number of rotatable bonds is 4. The van der Waals surface area contributed by atoms with E-state index >= 15 is 0 Å². The average Bonchev–Trinajstić information content (AvgIpc) is 2.94. The van der Waals surface area contributed by atoms with E-state index in [1.54, 1.807) is 13.3 Å². The van der Waals surface area contributed by atoms with Crippen LogP contribution in [0.5, 0.6) is 5.75 Å². The van der Waals surface area contributed by atoms with Crippen molar-refractivity contribution in [2.24, 2.45) is 0 Å². The van der Waals surface area contributed by atoms with Gasteiger partial charge in [-0.3, -0.25) is 5.10 Å². The van der Waals surface area contributed by atoms with E-state index in [0.29, 0.717) is 11.3 Å². The number of hydrogen-bond acceptors (Lipinski definition) is 4. The highest BCUT2D eigenvalue weighted by Gasteiger charge is 2.08. The molecule has 0 unspecified atom stereocenters. The van der Waals surface area contributed by atoms with Gasteiger partial charge in [0, 0.05) is 25.9 Å². The minimum atomic E-state index is 0.544. The molecule has 5 nitrogen and oxygen atoms in total. The fraction of sp³-hybridized carbons (Fsp3) is 0.200. The first-order valence-electron chi connectivity index (χ1n) is 6.12. The lowest BCUT2D eigenvalue weighted by Crippen LogP contribution is -2.02. The zero-order valence-electron chi connectivity index (χ0n) is 11.7. The fourth-order valence-corrected chi connectivity index (χ4v) is 1.79. The number of nitrogens with one attached hydrogen (secondary N) is 1. The largest absolute Gasteiger partial charge is 0.497 e. The molecule has 0 aliphatic carbocycles. The van der Waals surface area contributed by atoms with E-state index in [-0.39, 0.29) is 0 Å². The number of ether oxygens (including phenoxy) is 1. The fourth-order valence-electron chi connectivity index (χ4n) is 1.79. The summed E-state index contributed by atoms with van der Waals surface area (Å²) in [7, 11) is 5.38. The van der Waals surface area contributed by atoms with Gasteiger partial charge >= 0.3 is 0 Å². The monoisotopic (exact) mass is 268 g/mol. The summed E-state index contributed by atoms with van der Waals surface area (Å²) in [6, 6.07) is 11.6. The number of aromatic amines is 1. The van der Waals surface area contributed by atoms with Crippen molar-refractivity contribution in [3.05, 3.63) is 42.2 Å². The molecule has 0 fully saturated rings. The molecule has 0 aliphatic heterocycles. The highest BCUT2D eigenvalue weighted by Crippen LogP contribution is 2.23. The second-order valence-corrected chi connectivity index (χ2v) is 4.51. The third-order valence-electron chi connectivity index (χ3n) is 2.76. The molecule has 0 atom stereocenters. The van der Waals surface area contributed by atoms with Crippen molar-refractivity contribution in [1.29, 1.82) is 5.26 Å². The predicted molar refractivity (Wildman–Crippen MR) is 77.9 cm³/mol. The Kier molecular flexibility index (Phi) is 4.06. The van der Waals surface area contributed by atoms with Crippen LogP contribution in [0.15, 0.2) is 36.5 Å². The molecule has 1 heterocycles. The van der Waals surface area contributed by atoms with Gasteiger partial charge in [-0.15, -0.1) is 0 Å². The van der Waals surface area contributed by atoms with Gasteiger partial charge in [-0.1, -0.05) is 0 Å². The van der Waals surface area contributed by atoms with Crippen LogP contribution in [-0.4, -0.2) is 36.3 Å². The molecule has 1 N–H and O–H groups in total. The van der Waals surface area contributed by atoms with Crippen LogP contribution in [0.1, 0.15) is 5.69 Å². The van der Waals surface area contributed by atoms with E-state index in [0.717, 1.165) is 17.0 Å². The van der Waals surface area contributed by atoms with Crippen molar-refractivity contribution in [1.82, 2.24) is 15.1 Å². The standard InChI is InChI=1S/C15H16N4O/c1-19(2)10-12(9-16)15-8-14(17-18-15)11-4-6-13(20-3)7-5-11/h4-8,10H,1-3H3,(H,17,18)/b12-10+. The molecule has 0 saturated heterocycles. The van der Waals surface area contributed by atoms with Gasteiger partial charge in [-0.25, -0.2) is 0 Å². The maximum atomic E-state index is 9.17. The Bertz CT molecular complexity index is 647. The summed E-state index contributed by atoms with van der Waals surface area (Å²) < 4.78 is 5.12. The quantitative estimate of drug-likeness (QED) is 0.865. The Balaban J connectivity index is 2.30. The van der Waals surface area contributed by atoms with Crippen LogP contribution in [0.2, 0.25) is 0 Å². The maximum absolute atomic E-state index is 9.17. The van der Waals surface area contributed by atoms with Crippen molar-refractivity contribution >= 4 is 5.57 Å². The minimum absolute atomic E-state index is 0.544. The van der Waals surface area contributed by atoms with Crippen LogP contribution in [0.3, 0.4) is 0 Å². The van der Waals surface area contributed by atoms with Crippen LogP contribution < -0.4 is 4.74 Å². The zero-order valence-corrected chi connectivity index (χ0v) is 11.7. The van der Waals surface area contributed by atoms with Gasteiger partial charge in [0.25, 0.3) is 0 Å². The minimum Gasteiger partial charge on any atom is -0.497 e. The molecule has 0 amide bonds. The first-order chi connectivity index (χ1) is 9.63. The molecule has 0 aliphatic rings. The van der Waals surface area contributed by atoms with Crippen LogP contribution in [0.25, 0.3) is 16.8 Å². The first-order valence-corrected chi connectivity index (χ1v) is 6.12. The van der Waals surface area contributed by atoms with Gasteiger partial charge in [-0.05, 0) is 30.3 Å². The van der Waals surface area contributed by atoms with Crippen molar-refractivity contribution in [3.8, 4) is 23.1 Å². The van der Waals surface area contributed by atoms with E-state index in [9.17, 15) is 0 Å². The van der Waals surface area contributed by atoms with Crippen LogP contribution in [0.4, 0.5) is 0 Å². The van der Waals surface area contributed by atoms with Crippen molar-refractivity contribution in [2.75, 3.05) is 21.2 Å². The second kappa shape index (κ2) is 5.93. The summed E-state index contributed by atoms with van der Waals surface area (Å²) in [5.74, 6) is 0.801. The lowest BCUT2D eigenvalue weighted by atomic mass is 10.1. The SMILES string of the molecule is COc1ccc(-c2cc(/C(C#N)=C/N(C)C)[nH]n2)cc1. The van der Waals surface area contributed by atoms with E-state index in [1.807, 2.05) is 49.3 Å². The molecule has 2 aromatic rings. The summed E-state index contributed by atoms with van der Waals surface area (Å²) in [5, 5.41) is 16.3. The maximum Gasteiger partial charge on any atom is 0.118 e. The molecule has 1 aromatic heterocycles. The number of hydrogen-bond donors (Lipinski definition) is 1. The van der Waals surface area contributed by atoms with Crippen LogP contribution in [-0.2, 0) is 0 Å². The Labute approximate surface area is 118 Å². The Morgan fingerprint density at radius 2 is 2.05 bits per heavy atom. The third-order valence-corrected chi connectivity index (χ3v) is 2.76. The van der Waals surface area contributed by atoms with Gasteiger partial charge in [-0.2, -0.15) is 10.4 Å². The highest BCUT2D eigenvalue weighted by atomic mass is 16.5. The van der Waals surface area contributed by atoms with Crippen molar-refractivity contribution in [3.63, 3.8) is 0 Å². The lowest BCUT2D eigenvalue weighted by Gasteiger charge is -2.04. The number of nitriles is 1. The van der Waals surface area contributed by atoms with E-state index in [2.05, 4.69) is 16.3 Å². The molecule has 0 radical (unpaired) electrons. The number of H-pyrrole nitrogens is 1. The summed E-state index contributed by atoms with van der Waals surface area (Å²) in [6.45, 7) is 0. The molecule has 20 heavy (non-hydrogen) atoms. The summed E-state index contributed by atoms with van der Waals surface area (Å²) in [4.78, 5) is 1.83. The summed E-state index contributed by atoms with van der Waals surface area (Å²) >= 11 is 0. The second-order valence-electron chi connectivity index (χ2n) is 4.51. The molecule has 1 aromatic carbocycles. The molecule has 0 spiro atoms. The first kappa shape index (κ1) is 13.7. The van der Waals surface area contributed by atoms with E-state index in [4.69, 9.17) is 10.00 Å². The van der Waals surface area contributed by atoms with Crippen molar-refractivity contribution in [2.45, 2.75) is 0 Å². The molecular weight excluding hydrogens is 252 g/mol. The van der Waals surface area contributed by atoms with Gasteiger partial charge in [0.05, 0.1) is 24.1 Å².